The quantitative estimate of drug-likeness (QED) is 0.807. The number of rotatable bonds is 5. The molecule has 1 aromatic rings. The van der Waals surface area contributed by atoms with Gasteiger partial charge < -0.3 is 10.4 Å². The van der Waals surface area contributed by atoms with E-state index in [-0.39, 0.29) is 17.2 Å². The molecule has 1 unspecified atom stereocenters. The Balaban J connectivity index is 2.87. The molecule has 100 valence electrons. The van der Waals surface area contributed by atoms with Crippen LogP contribution in [-0.4, -0.2) is 22.4 Å². The van der Waals surface area contributed by atoms with E-state index in [0.29, 0.717) is 11.4 Å². The van der Waals surface area contributed by atoms with Gasteiger partial charge in [-0.25, -0.2) is 0 Å². The zero-order chi connectivity index (χ0) is 13.8. The molecule has 0 aromatic heterocycles. The van der Waals surface area contributed by atoms with Gasteiger partial charge >= 0.3 is 0 Å². The first-order valence-corrected chi connectivity index (χ1v) is 6.63. The van der Waals surface area contributed by atoms with Gasteiger partial charge in [0.15, 0.2) is 0 Å². The van der Waals surface area contributed by atoms with Crippen molar-refractivity contribution in [3.05, 3.63) is 29.3 Å². The van der Waals surface area contributed by atoms with Crippen molar-refractivity contribution in [3.63, 3.8) is 0 Å². The largest absolute Gasteiger partial charge is 0.508 e. The van der Waals surface area contributed by atoms with Crippen LogP contribution in [0.5, 0.6) is 5.75 Å². The Bertz CT molecular complexity index is 434. The second-order valence-electron chi connectivity index (χ2n) is 4.81. The maximum Gasteiger partial charge on any atom is 0.251 e. The Morgan fingerprint density at radius 3 is 2.67 bits per heavy atom. The van der Waals surface area contributed by atoms with Crippen molar-refractivity contribution in [3.8, 4) is 5.75 Å². The van der Waals surface area contributed by atoms with Crippen LogP contribution in [0.3, 0.4) is 0 Å². The summed E-state index contributed by atoms with van der Waals surface area (Å²) in [5.41, 5.74) is 1.06. The number of aromatic hydroxyl groups is 1. The molecule has 0 radical (unpaired) electrons. The summed E-state index contributed by atoms with van der Waals surface area (Å²) in [6, 6.07) is 4.74. The molecule has 1 aromatic carbocycles. The molecule has 0 saturated carbocycles. The molecule has 0 bridgehead atoms. The lowest BCUT2D eigenvalue weighted by Gasteiger charge is -2.29. The second-order valence-corrected chi connectivity index (χ2v) is 5.18. The Hall–Kier alpha value is -1.22. The van der Waals surface area contributed by atoms with Crippen molar-refractivity contribution >= 4 is 17.5 Å². The minimum atomic E-state index is -0.289. The average molecular weight is 270 g/mol. The third-order valence-electron chi connectivity index (χ3n) is 3.30. The summed E-state index contributed by atoms with van der Waals surface area (Å²) >= 11 is 5.76. The number of hydrogen-bond donors (Lipinski definition) is 2. The number of benzene rings is 1. The SMILES string of the molecule is CCC(C)(CCCl)NC(=O)c1ccc(O)cc1C. The van der Waals surface area contributed by atoms with E-state index in [4.69, 9.17) is 11.6 Å². The van der Waals surface area contributed by atoms with Crippen molar-refractivity contribution in [1.82, 2.24) is 5.32 Å². The van der Waals surface area contributed by atoms with E-state index in [1.807, 2.05) is 13.8 Å². The fourth-order valence-corrected chi connectivity index (χ4v) is 2.20. The van der Waals surface area contributed by atoms with Gasteiger partial charge in [0, 0.05) is 17.0 Å². The third kappa shape index (κ3) is 3.64. The van der Waals surface area contributed by atoms with Crippen LogP contribution in [0.25, 0.3) is 0 Å². The molecular weight excluding hydrogens is 250 g/mol. The molecule has 0 aliphatic heterocycles. The fraction of sp³-hybridized carbons (Fsp3) is 0.500. The number of phenolic OH excluding ortho intramolecular Hbond substituents is 1. The summed E-state index contributed by atoms with van der Waals surface area (Å²) in [4.78, 5) is 12.2. The van der Waals surface area contributed by atoms with Crippen molar-refractivity contribution in [2.75, 3.05) is 5.88 Å². The molecule has 0 spiro atoms. The van der Waals surface area contributed by atoms with Crippen LogP contribution in [0.2, 0.25) is 0 Å². The van der Waals surface area contributed by atoms with Gasteiger partial charge in [-0.3, -0.25) is 4.79 Å². The van der Waals surface area contributed by atoms with Crippen LogP contribution in [0.1, 0.15) is 42.6 Å². The fourth-order valence-electron chi connectivity index (χ4n) is 1.78. The van der Waals surface area contributed by atoms with E-state index in [2.05, 4.69) is 5.32 Å². The van der Waals surface area contributed by atoms with Gasteiger partial charge in [0.2, 0.25) is 0 Å². The first-order chi connectivity index (χ1) is 8.41. The minimum Gasteiger partial charge on any atom is -0.508 e. The third-order valence-corrected chi connectivity index (χ3v) is 3.49. The number of carbonyl (C=O) groups excluding carboxylic acids is 1. The predicted molar refractivity (Wildman–Crippen MR) is 74.3 cm³/mol. The summed E-state index contributed by atoms with van der Waals surface area (Å²) in [6.07, 6.45) is 1.55. The number of phenols is 1. The van der Waals surface area contributed by atoms with Gasteiger partial charge in [0.25, 0.3) is 5.91 Å². The van der Waals surface area contributed by atoms with Gasteiger partial charge in [0.1, 0.15) is 5.75 Å². The van der Waals surface area contributed by atoms with Gasteiger partial charge in [0.05, 0.1) is 0 Å². The number of amides is 1. The molecular formula is C14H20ClNO2. The molecule has 0 heterocycles. The average Bonchev–Trinajstić information content (AvgIpc) is 2.28. The number of nitrogens with one attached hydrogen (secondary N) is 1. The van der Waals surface area contributed by atoms with E-state index < -0.39 is 0 Å². The lowest BCUT2D eigenvalue weighted by molar-refractivity contribution is 0.0901. The molecule has 2 N–H and O–H groups in total. The van der Waals surface area contributed by atoms with E-state index in [1.54, 1.807) is 19.1 Å². The highest BCUT2D eigenvalue weighted by atomic mass is 35.5. The zero-order valence-electron chi connectivity index (χ0n) is 11.1. The van der Waals surface area contributed by atoms with Crippen LogP contribution in [0.4, 0.5) is 0 Å². The molecule has 0 aliphatic carbocycles. The number of carbonyl (C=O) groups is 1. The summed E-state index contributed by atoms with van der Waals surface area (Å²) in [7, 11) is 0. The molecule has 18 heavy (non-hydrogen) atoms. The van der Waals surface area contributed by atoms with E-state index >= 15 is 0 Å². The summed E-state index contributed by atoms with van der Waals surface area (Å²) < 4.78 is 0. The molecule has 0 fully saturated rings. The maximum atomic E-state index is 12.2. The Morgan fingerprint density at radius 2 is 2.17 bits per heavy atom. The Kier molecular flexibility index (Phi) is 5.03. The summed E-state index contributed by atoms with van der Waals surface area (Å²) in [6.45, 7) is 5.82. The lowest BCUT2D eigenvalue weighted by atomic mass is 9.94. The van der Waals surface area contributed by atoms with E-state index in [0.717, 1.165) is 18.4 Å². The first-order valence-electron chi connectivity index (χ1n) is 6.10. The molecule has 1 rings (SSSR count). The minimum absolute atomic E-state index is 0.123. The highest BCUT2D eigenvalue weighted by molar-refractivity contribution is 6.17. The van der Waals surface area contributed by atoms with Gasteiger partial charge in [-0.1, -0.05) is 6.92 Å². The molecule has 0 saturated heterocycles. The van der Waals surface area contributed by atoms with Crippen LogP contribution in [0.15, 0.2) is 18.2 Å². The first kappa shape index (κ1) is 14.8. The number of alkyl halides is 1. The van der Waals surface area contributed by atoms with E-state index in [9.17, 15) is 9.90 Å². The number of halogens is 1. The predicted octanol–water partition coefficient (Wildman–Crippen LogP) is 3.23. The number of hydrogen-bond acceptors (Lipinski definition) is 2. The van der Waals surface area contributed by atoms with Crippen molar-refractivity contribution in [1.29, 1.82) is 0 Å². The highest BCUT2D eigenvalue weighted by Crippen LogP contribution is 2.19. The Labute approximate surface area is 113 Å². The van der Waals surface area contributed by atoms with Crippen LogP contribution in [0, 0.1) is 6.92 Å². The van der Waals surface area contributed by atoms with E-state index in [1.165, 1.54) is 6.07 Å². The monoisotopic (exact) mass is 269 g/mol. The standard InChI is InChI=1S/C14H20ClNO2/c1-4-14(3,7-8-15)16-13(18)12-6-5-11(17)9-10(12)2/h5-6,9,17H,4,7-8H2,1-3H3,(H,16,18). The lowest BCUT2D eigenvalue weighted by Crippen LogP contribution is -2.46. The molecule has 0 aliphatic rings. The van der Waals surface area contributed by atoms with Gasteiger partial charge in [-0.05, 0) is 50.5 Å². The van der Waals surface area contributed by atoms with Gasteiger partial charge in [-0.15, -0.1) is 11.6 Å². The van der Waals surface area contributed by atoms with Crippen LogP contribution >= 0.6 is 11.6 Å². The normalized spacial score (nSPS) is 14.0. The smallest absolute Gasteiger partial charge is 0.251 e. The maximum absolute atomic E-state index is 12.2. The van der Waals surface area contributed by atoms with Gasteiger partial charge in [-0.2, -0.15) is 0 Å². The summed E-state index contributed by atoms with van der Waals surface area (Å²) in [5.74, 6) is 0.559. The van der Waals surface area contributed by atoms with Crippen molar-refractivity contribution in [2.45, 2.75) is 39.2 Å². The molecule has 1 atom stereocenters. The Morgan fingerprint density at radius 1 is 1.50 bits per heavy atom. The topological polar surface area (TPSA) is 49.3 Å². The number of aryl methyl sites for hydroxylation is 1. The molecule has 4 heteroatoms. The highest BCUT2D eigenvalue weighted by Gasteiger charge is 2.24. The summed E-state index contributed by atoms with van der Waals surface area (Å²) in [5, 5.41) is 12.3. The second kappa shape index (κ2) is 6.10. The van der Waals surface area contributed by atoms with Crippen molar-refractivity contribution in [2.24, 2.45) is 0 Å². The molecule has 3 nitrogen and oxygen atoms in total. The van der Waals surface area contributed by atoms with Crippen molar-refractivity contribution < 1.29 is 9.90 Å². The van der Waals surface area contributed by atoms with Crippen LogP contribution in [-0.2, 0) is 0 Å². The van der Waals surface area contributed by atoms with Crippen LogP contribution < -0.4 is 5.32 Å². The zero-order valence-corrected chi connectivity index (χ0v) is 11.8. The molecule has 1 amide bonds.